The van der Waals surface area contributed by atoms with Crippen molar-refractivity contribution in [1.82, 2.24) is 5.01 Å². The van der Waals surface area contributed by atoms with Crippen molar-refractivity contribution >= 4 is 5.71 Å². The lowest BCUT2D eigenvalue weighted by Gasteiger charge is -2.38. The number of hydrogen-bond donors (Lipinski definition) is 1. The average molecular weight is 420 g/mol. The highest BCUT2D eigenvalue weighted by Gasteiger charge is 2.42. The van der Waals surface area contributed by atoms with Crippen LogP contribution >= 0.6 is 0 Å². The Kier molecular flexibility index (Phi) is 4.66. The number of fused-ring (bicyclic) bond motifs is 3. The summed E-state index contributed by atoms with van der Waals surface area (Å²) >= 11 is 0. The molecule has 2 aliphatic rings. The van der Waals surface area contributed by atoms with Crippen molar-refractivity contribution in [3.63, 3.8) is 0 Å². The van der Waals surface area contributed by atoms with Crippen molar-refractivity contribution in [2.45, 2.75) is 18.7 Å². The molecule has 2 aliphatic heterocycles. The SMILES string of the molecule is COc1ccc(O)c(C2=NN3C(C2)c2cccc(OC)c2OC3c2cccc(F)c2)c1. The number of phenolic OH excluding ortho intramolecular Hbond substituents is 1. The summed E-state index contributed by atoms with van der Waals surface area (Å²) in [6.07, 6.45) is -0.106. The van der Waals surface area contributed by atoms with E-state index < -0.39 is 6.23 Å². The summed E-state index contributed by atoms with van der Waals surface area (Å²) < 4.78 is 31.1. The van der Waals surface area contributed by atoms with Crippen molar-refractivity contribution in [2.24, 2.45) is 5.10 Å². The number of phenols is 1. The number of nitrogens with zero attached hydrogens (tertiary/aromatic N) is 2. The summed E-state index contributed by atoms with van der Waals surface area (Å²) in [7, 11) is 3.17. The molecule has 7 heteroatoms. The van der Waals surface area contributed by atoms with E-state index in [4.69, 9.17) is 19.3 Å². The van der Waals surface area contributed by atoms with Gasteiger partial charge in [0.05, 0.1) is 26.0 Å². The summed E-state index contributed by atoms with van der Waals surface area (Å²) in [5, 5.41) is 17.1. The fourth-order valence-electron chi connectivity index (χ4n) is 4.16. The van der Waals surface area contributed by atoms with E-state index in [0.717, 1.165) is 5.56 Å². The van der Waals surface area contributed by atoms with E-state index in [1.165, 1.54) is 12.1 Å². The highest BCUT2D eigenvalue weighted by Crippen LogP contribution is 2.51. The Morgan fingerprint density at radius 2 is 1.90 bits per heavy atom. The minimum atomic E-state index is -0.644. The van der Waals surface area contributed by atoms with Gasteiger partial charge in [0.1, 0.15) is 17.3 Å². The Balaban J connectivity index is 1.64. The Morgan fingerprint density at radius 1 is 1.06 bits per heavy atom. The Labute approximate surface area is 179 Å². The average Bonchev–Trinajstić information content (AvgIpc) is 3.24. The van der Waals surface area contributed by atoms with Gasteiger partial charge in [0, 0.05) is 23.1 Å². The van der Waals surface area contributed by atoms with E-state index in [1.54, 1.807) is 38.5 Å². The second kappa shape index (κ2) is 7.50. The standard InChI is InChI=1S/C24H21FN2O4/c1-29-16-9-10-21(28)18(12-16)19-13-20-17-7-4-8-22(30-2)23(17)31-24(27(20)26-19)14-5-3-6-15(25)11-14/h3-12,20,24,28H,13H2,1-2H3. The molecule has 3 aromatic carbocycles. The predicted octanol–water partition coefficient (Wildman–Crippen LogP) is 4.79. The highest BCUT2D eigenvalue weighted by molar-refractivity contribution is 6.04. The Morgan fingerprint density at radius 3 is 2.68 bits per heavy atom. The van der Waals surface area contributed by atoms with Gasteiger partial charge in [-0.25, -0.2) is 9.40 Å². The molecule has 158 valence electrons. The molecule has 6 nitrogen and oxygen atoms in total. The summed E-state index contributed by atoms with van der Waals surface area (Å²) in [5.41, 5.74) is 2.85. The van der Waals surface area contributed by atoms with Gasteiger partial charge >= 0.3 is 0 Å². The van der Waals surface area contributed by atoms with Crippen LogP contribution in [0.1, 0.15) is 35.4 Å². The van der Waals surface area contributed by atoms with Crippen LogP contribution < -0.4 is 14.2 Å². The first kappa shape index (κ1) is 19.2. The summed E-state index contributed by atoms with van der Waals surface area (Å²) in [4.78, 5) is 0. The van der Waals surface area contributed by atoms with E-state index in [9.17, 15) is 9.50 Å². The van der Waals surface area contributed by atoms with E-state index in [0.29, 0.717) is 40.5 Å². The molecule has 31 heavy (non-hydrogen) atoms. The first-order chi connectivity index (χ1) is 15.1. The maximum absolute atomic E-state index is 14.0. The molecule has 0 saturated heterocycles. The van der Waals surface area contributed by atoms with Crippen molar-refractivity contribution in [3.8, 4) is 23.0 Å². The minimum Gasteiger partial charge on any atom is -0.507 e. The maximum atomic E-state index is 14.0. The fraction of sp³-hybridized carbons (Fsp3) is 0.208. The zero-order chi connectivity index (χ0) is 21.5. The number of benzene rings is 3. The third-order valence-electron chi connectivity index (χ3n) is 5.65. The van der Waals surface area contributed by atoms with Crippen LogP contribution in [0.4, 0.5) is 4.39 Å². The molecule has 0 aliphatic carbocycles. The van der Waals surface area contributed by atoms with Gasteiger partial charge in [-0.15, -0.1) is 0 Å². The van der Waals surface area contributed by atoms with E-state index in [2.05, 4.69) is 0 Å². The normalized spacial score (nSPS) is 19.2. The highest BCUT2D eigenvalue weighted by atomic mass is 19.1. The molecule has 0 radical (unpaired) electrons. The monoisotopic (exact) mass is 420 g/mol. The van der Waals surface area contributed by atoms with Crippen molar-refractivity contribution in [1.29, 1.82) is 0 Å². The third-order valence-corrected chi connectivity index (χ3v) is 5.65. The van der Waals surface area contributed by atoms with Gasteiger partial charge in [-0.1, -0.05) is 24.3 Å². The number of hydrogen-bond acceptors (Lipinski definition) is 6. The minimum absolute atomic E-state index is 0.119. The lowest BCUT2D eigenvalue weighted by atomic mass is 9.95. The van der Waals surface area contributed by atoms with Gasteiger partial charge in [-0.3, -0.25) is 0 Å². The van der Waals surface area contributed by atoms with Gasteiger partial charge in [0.25, 0.3) is 0 Å². The van der Waals surface area contributed by atoms with Gasteiger partial charge in [0.15, 0.2) is 11.5 Å². The maximum Gasteiger partial charge on any atom is 0.214 e. The zero-order valence-electron chi connectivity index (χ0n) is 17.1. The van der Waals surface area contributed by atoms with Crippen molar-refractivity contribution in [2.75, 3.05) is 14.2 Å². The second-order valence-corrected chi connectivity index (χ2v) is 7.43. The van der Waals surface area contributed by atoms with E-state index >= 15 is 0 Å². The van der Waals surface area contributed by atoms with Crippen LogP contribution in [0.5, 0.6) is 23.0 Å². The molecule has 5 rings (SSSR count). The van der Waals surface area contributed by atoms with Gasteiger partial charge in [-0.2, -0.15) is 5.10 Å². The van der Waals surface area contributed by atoms with Crippen LogP contribution in [-0.2, 0) is 0 Å². The van der Waals surface area contributed by atoms with Crippen LogP contribution in [0.3, 0.4) is 0 Å². The smallest absolute Gasteiger partial charge is 0.214 e. The second-order valence-electron chi connectivity index (χ2n) is 7.43. The molecular formula is C24H21FN2O4. The van der Waals surface area contributed by atoms with Crippen LogP contribution in [0.25, 0.3) is 0 Å². The molecule has 2 atom stereocenters. The number of halogens is 1. The molecule has 0 fully saturated rings. The number of methoxy groups -OCH3 is 2. The fourth-order valence-corrected chi connectivity index (χ4v) is 4.16. The van der Waals surface area contributed by atoms with Crippen LogP contribution in [0.15, 0.2) is 65.8 Å². The molecule has 1 N–H and O–H groups in total. The molecule has 0 spiro atoms. The third kappa shape index (κ3) is 3.22. The van der Waals surface area contributed by atoms with Crippen molar-refractivity contribution in [3.05, 3.63) is 83.2 Å². The molecule has 0 bridgehead atoms. The van der Waals surface area contributed by atoms with Crippen LogP contribution in [0, 0.1) is 5.82 Å². The summed E-state index contributed by atoms with van der Waals surface area (Å²) in [6, 6.07) is 16.9. The lowest BCUT2D eigenvalue weighted by Crippen LogP contribution is -2.34. The molecule has 0 amide bonds. The molecule has 2 heterocycles. The van der Waals surface area contributed by atoms with E-state index in [1.807, 2.05) is 29.3 Å². The number of para-hydroxylation sites is 1. The largest absolute Gasteiger partial charge is 0.507 e. The molecule has 0 aromatic heterocycles. The van der Waals surface area contributed by atoms with Gasteiger partial charge in [0.2, 0.25) is 6.23 Å². The summed E-state index contributed by atoms with van der Waals surface area (Å²) in [5.74, 6) is 1.62. The van der Waals surface area contributed by atoms with Crippen LogP contribution in [0.2, 0.25) is 0 Å². The van der Waals surface area contributed by atoms with E-state index in [-0.39, 0.29) is 17.6 Å². The first-order valence-corrected chi connectivity index (χ1v) is 9.91. The number of rotatable bonds is 4. The summed E-state index contributed by atoms with van der Waals surface area (Å²) in [6.45, 7) is 0. The Hall–Kier alpha value is -3.74. The number of ether oxygens (including phenoxy) is 3. The molecule has 3 aromatic rings. The molecule has 2 unspecified atom stereocenters. The quantitative estimate of drug-likeness (QED) is 0.658. The first-order valence-electron chi connectivity index (χ1n) is 9.91. The number of aromatic hydroxyl groups is 1. The molecule has 0 saturated carbocycles. The predicted molar refractivity (Wildman–Crippen MR) is 113 cm³/mol. The zero-order valence-corrected chi connectivity index (χ0v) is 17.1. The van der Waals surface area contributed by atoms with Gasteiger partial charge in [-0.05, 0) is 36.4 Å². The Bertz CT molecular complexity index is 1180. The topological polar surface area (TPSA) is 63.5 Å². The van der Waals surface area contributed by atoms with Crippen LogP contribution in [-0.4, -0.2) is 30.0 Å². The van der Waals surface area contributed by atoms with Gasteiger partial charge < -0.3 is 19.3 Å². The number of hydrazone groups is 1. The van der Waals surface area contributed by atoms with Crippen molar-refractivity contribution < 1.29 is 23.7 Å². The lowest BCUT2D eigenvalue weighted by molar-refractivity contribution is -0.0210. The molecular weight excluding hydrogens is 399 g/mol.